The molecule has 0 aliphatic heterocycles. The number of alkyl carbamates (subject to hydrolysis) is 1. The van der Waals surface area contributed by atoms with Gasteiger partial charge in [0.05, 0.1) is 22.5 Å². The van der Waals surface area contributed by atoms with Crippen molar-refractivity contribution in [3.05, 3.63) is 98.1 Å². The number of ether oxygens (including phenoxy) is 1. The van der Waals surface area contributed by atoms with Gasteiger partial charge in [0.25, 0.3) is 11.4 Å². The lowest BCUT2D eigenvalue weighted by Gasteiger charge is -2.18. The van der Waals surface area contributed by atoms with Crippen LogP contribution in [0.1, 0.15) is 17.0 Å². The molecular formula is C24H20N4O8. The molecule has 1 atom stereocenters. The van der Waals surface area contributed by atoms with Gasteiger partial charge in [0.2, 0.25) is 0 Å². The molecular weight excluding hydrogens is 472 g/mol. The van der Waals surface area contributed by atoms with Gasteiger partial charge in [0, 0.05) is 12.0 Å². The third-order valence-electron chi connectivity index (χ3n) is 5.81. The summed E-state index contributed by atoms with van der Waals surface area (Å²) < 4.78 is 5.37. The van der Waals surface area contributed by atoms with Gasteiger partial charge < -0.3 is 20.5 Å². The number of carboxylic acid groups (broad SMARTS) is 1. The van der Waals surface area contributed by atoms with Gasteiger partial charge in [-0.2, -0.15) is 0 Å². The predicted octanol–water partition coefficient (Wildman–Crippen LogP) is 3.91. The van der Waals surface area contributed by atoms with E-state index in [2.05, 4.69) is 10.6 Å². The van der Waals surface area contributed by atoms with Gasteiger partial charge in [-0.3, -0.25) is 20.2 Å². The molecule has 1 unspecified atom stereocenters. The van der Waals surface area contributed by atoms with Crippen molar-refractivity contribution in [1.29, 1.82) is 0 Å². The van der Waals surface area contributed by atoms with Gasteiger partial charge in [-0.25, -0.2) is 9.59 Å². The minimum Gasteiger partial charge on any atom is -0.480 e. The maximum Gasteiger partial charge on any atom is 0.407 e. The molecule has 36 heavy (non-hydrogen) atoms. The summed E-state index contributed by atoms with van der Waals surface area (Å²) in [4.78, 5) is 44.6. The molecule has 1 aliphatic rings. The van der Waals surface area contributed by atoms with Gasteiger partial charge in [-0.05, 0) is 28.3 Å². The Hall–Kier alpha value is -5.00. The number of nitro groups is 2. The van der Waals surface area contributed by atoms with Crippen LogP contribution in [0.2, 0.25) is 0 Å². The van der Waals surface area contributed by atoms with Crippen molar-refractivity contribution in [2.75, 3.05) is 18.5 Å². The first-order chi connectivity index (χ1) is 17.3. The van der Waals surface area contributed by atoms with E-state index in [-0.39, 0.29) is 18.2 Å². The molecule has 184 valence electrons. The Morgan fingerprint density at radius 3 is 2.11 bits per heavy atom. The predicted molar refractivity (Wildman–Crippen MR) is 128 cm³/mol. The van der Waals surface area contributed by atoms with E-state index < -0.39 is 45.9 Å². The van der Waals surface area contributed by atoms with Crippen LogP contribution in [0.25, 0.3) is 11.1 Å². The molecule has 1 aliphatic carbocycles. The molecule has 0 radical (unpaired) electrons. The number of nitrogens with one attached hydrogen (secondary N) is 2. The third-order valence-corrected chi connectivity index (χ3v) is 5.81. The quantitative estimate of drug-likeness (QED) is 0.295. The molecule has 0 aromatic heterocycles. The number of hydrogen-bond acceptors (Lipinski definition) is 8. The van der Waals surface area contributed by atoms with Gasteiger partial charge in [-0.15, -0.1) is 0 Å². The zero-order chi connectivity index (χ0) is 25.8. The van der Waals surface area contributed by atoms with Crippen molar-refractivity contribution in [1.82, 2.24) is 5.32 Å². The first-order valence-corrected chi connectivity index (χ1v) is 10.8. The van der Waals surface area contributed by atoms with Crippen molar-refractivity contribution in [3.63, 3.8) is 0 Å². The van der Waals surface area contributed by atoms with Gasteiger partial charge >= 0.3 is 12.1 Å². The fourth-order valence-corrected chi connectivity index (χ4v) is 4.13. The number of carboxylic acids is 1. The molecule has 12 nitrogen and oxygen atoms in total. The van der Waals surface area contributed by atoms with E-state index in [1.165, 1.54) is 0 Å². The molecule has 0 spiro atoms. The average molecular weight is 492 g/mol. The normalized spacial score (nSPS) is 12.7. The summed E-state index contributed by atoms with van der Waals surface area (Å²) >= 11 is 0. The number of amides is 1. The second-order valence-corrected chi connectivity index (χ2v) is 7.96. The van der Waals surface area contributed by atoms with Crippen LogP contribution in [-0.2, 0) is 9.53 Å². The van der Waals surface area contributed by atoms with Crippen molar-refractivity contribution >= 4 is 29.1 Å². The number of benzene rings is 3. The molecule has 0 fully saturated rings. The fraction of sp³-hybridized carbons (Fsp3) is 0.167. The number of fused-ring (bicyclic) bond motifs is 3. The van der Waals surface area contributed by atoms with Gasteiger partial charge in [0.15, 0.2) is 0 Å². The molecule has 4 rings (SSSR count). The molecule has 0 heterocycles. The van der Waals surface area contributed by atoms with Crippen LogP contribution in [0.4, 0.5) is 21.9 Å². The van der Waals surface area contributed by atoms with Crippen LogP contribution < -0.4 is 10.6 Å². The first kappa shape index (κ1) is 24.1. The van der Waals surface area contributed by atoms with E-state index in [0.717, 1.165) is 40.5 Å². The van der Waals surface area contributed by atoms with E-state index in [0.29, 0.717) is 0 Å². The van der Waals surface area contributed by atoms with Crippen LogP contribution >= 0.6 is 0 Å². The highest BCUT2D eigenvalue weighted by molar-refractivity contribution is 5.81. The Kier molecular flexibility index (Phi) is 6.77. The van der Waals surface area contributed by atoms with E-state index in [4.69, 9.17) is 4.74 Å². The summed E-state index contributed by atoms with van der Waals surface area (Å²) in [5, 5.41) is 36.5. The Morgan fingerprint density at radius 2 is 1.56 bits per heavy atom. The van der Waals surface area contributed by atoms with E-state index in [9.17, 15) is 34.9 Å². The average Bonchev–Trinajstić information content (AvgIpc) is 3.18. The molecule has 0 saturated carbocycles. The van der Waals surface area contributed by atoms with Crippen LogP contribution in [-0.4, -0.2) is 46.2 Å². The molecule has 1 amide bonds. The van der Waals surface area contributed by atoms with Crippen molar-refractivity contribution in [2.24, 2.45) is 0 Å². The smallest absolute Gasteiger partial charge is 0.407 e. The number of nitrogens with zero attached hydrogens (tertiary/aromatic N) is 2. The van der Waals surface area contributed by atoms with Crippen LogP contribution in [0.5, 0.6) is 0 Å². The molecule has 3 aromatic rings. The summed E-state index contributed by atoms with van der Waals surface area (Å²) in [6.45, 7) is -0.432. The summed E-state index contributed by atoms with van der Waals surface area (Å²) in [6.07, 6.45) is -0.858. The number of hydrogen-bond donors (Lipinski definition) is 3. The molecule has 3 aromatic carbocycles. The maximum absolute atomic E-state index is 12.4. The molecule has 3 N–H and O–H groups in total. The van der Waals surface area contributed by atoms with E-state index >= 15 is 0 Å². The summed E-state index contributed by atoms with van der Waals surface area (Å²) in [7, 11) is 0. The van der Waals surface area contributed by atoms with E-state index in [1.54, 1.807) is 0 Å². The minimum absolute atomic E-state index is 0.0266. The Bertz CT molecular complexity index is 1310. The Balaban J connectivity index is 1.40. The summed E-state index contributed by atoms with van der Waals surface area (Å²) in [6, 6.07) is 16.9. The van der Waals surface area contributed by atoms with E-state index in [1.807, 2.05) is 48.5 Å². The number of carbonyl (C=O) groups is 2. The lowest BCUT2D eigenvalue weighted by molar-refractivity contribution is -0.393. The number of non-ortho nitro benzene ring substituents is 1. The second kappa shape index (κ2) is 10.1. The number of nitro benzene ring substituents is 2. The maximum atomic E-state index is 12.4. The second-order valence-electron chi connectivity index (χ2n) is 7.96. The highest BCUT2D eigenvalue weighted by atomic mass is 16.6. The molecule has 0 saturated heterocycles. The van der Waals surface area contributed by atoms with Gasteiger partial charge in [-0.1, -0.05) is 48.5 Å². The van der Waals surface area contributed by atoms with Crippen LogP contribution in [0, 0.1) is 20.2 Å². The zero-order valence-corrected chi connectivity index (χ0v) is 18.6. The number of rotatable bonds is 9. The number of anilines is 1. The van der Waals surface area contributed by atoms with Crippen molar-refractivity contribution in [3.8, 4) is 11.1 Å². The van der Waals surface area contributed by atoms with Crippen LogP contribution in [0.3, 0.4) is 0 Å². The van der Waals surface area contributed by atoms with Gasteiger partial charge in [0.1, 0.15) is 18.3 Å². The summed E-state index contributed by atoms with van der Waals surface area (Å²) in [5.74, 6) is -1.58. The fourth-order valence-electron chi connectivity index (χ4n) is 4.13. The lowest BCUT2D eigenvalue weighted by atomic mass is 9.98. The highest BCUT2D eigenvalue weighted by Crippen LogP contribution is 2.44. The third kappa shape index (κ3) is 4.92. The first-order valence-electron chi connectivity index (χ1n) is 10.8. The molecule has 12 heteroatoms. The zero-order valence-electron chi connectivity index (χ0n) is 18.6. The summed E-state index contributed by atoms with van der Waals surface area (Å²) in [5.41, 5.74) is 2.72. The Morgan fingerprint density at radius 1 is 0.944 bits per heavy atom. The standard InChI is InChI=1S/C24H20N4O8/c29-23(30)21(26-20-10-9-14(27(32)33)11-22(20)28(34)35)12-25-24(31)36-13-19-17-7-3-1-5-15(17)16-6-2-4-8-18(16)19/h1-11,19,21,26H,12-13H2,(H,25,31)(H,29,30). The molecule has 0 bridgehead atoms. The van der Waals surface area contributed by atoms with Crippen molar-refractivity contribution < 1.29 is 29.3 Å². The van der Waals surface area contributed by atoms with Crippen LogP contribution in [0.15, 0.2) is 66.7 Å². The Labute approximate surface area is 203 Å². The highest BCUT2D eigenvalue weighted by Gasteiger charge is 2.29. The monoisotopic (exact) mass is 492 g/mol. The number of carbonyl (C=O) groups excluding carboxylic acids is 1. The minimum atomic E-state index is -1.47. The number of aliphatic carboxylic acids is 1. The lowest BCUT2D eigenvalue weighted by Crippen LogP contribution is -2.42. The topological polar surface area (TPSA) is 174 Å². The SMILES string of the molecule is O=C(NCC(Nc1ccc([N+](=O)[O-])cc1[N+](=O)[O-])C(=O)O)OCC1c2ccccc2-c2ccccc21. The largest absolute Gasteiger partial charge is 0.480 e. The van der Waals surface area contributed by atoms with Crippen molar-refractivity contribution in [2.45, 2.75) is 12.0 Å².